The highest BCUT2D eigenvalue weighted by molar-refractivity contribution is 5.58. The largest absolute Gasteiger partial charge is 0.392 e. The van der Waals surface area contributed by atoms with Gasteiger partial charge in [-0.1, -0.05) is 24.3 Å². The highest BCUT2D eigenvalue weighted by atomic mass is 19.1. The normalized spacial score (nSPS) is 10.7. The van der Waals surface area contributed by atoms with E-state index in [1.807, 2.05) is 0 Å². The topological polar surface area (TPSA) is 37.3 Å². The summed E-state index contributed by atoms with van der Waals surface area (Å²) in [5, 5.41) is 8.72. The molecule has 0 atom stereocenters. The van der Waals surface area contributed by atoms with Crippen LogP contribution in [0, 0.1) is 5.82 Å². The van der Waals surface area contributed by atoms with E-state index in [-0.39, 0.29) is 12.2 Å². The van der Waals surface area contributed by atoms with Gasteiger partial charge >= 0.3 is 0 Å². The van der Waals surface area contributed by atoms with Gasteiger partial charge in [0.1, 0.15) is 12.1 Å². The lowest BCUT2D eigenvalue weighted by molar-refractivity contribution is -0.107. The molecule has 0 saturated heterocycles. The average molecular weight is 194 g/mol. The molecule has 0 fully saturated rings. The van der Waals surface area contributed by atoms with E-state index in [9.17, 15) is 9.18 Å². The molecule has 0 spiro atoms. The Hall–Kier alpha value is -1.48. The second kappa shape index (κ2) is 5.29. The van der Waals surface area contributed by atoms with Gasteiger partial charge in [0.15, 0.2) is 0 Å². The van der Waals surface area contributed by atoms with Gasteiger partial charge in [-0.15, -0.1) is 0 Å². The highest BCUT2D eigenvalue weighted by Gasteiger charge is 1.99. The molecule has 3 heteroatoms. The van der Waals surface area contributed by atoms with E-state index < -0.39 is 5.82 Å². The smallest absolute Gasteiger partial charge is 0.129 e. The van der Waals surface area contributed by atoms with Crippen molar-refractivity contribution in [3.05, 3.63) is 41.2 Å². The lowest BCUT2D eigenvalue weighted by Crippen LogP contribution is -1.89. The molecule has 0 bridgehead atoms. The summed E-state index contributed by atoms with van der Waals surface area (Å²) in [5.41, 5.74) is 0.957. The van der Waals surface area contributed by atoms with Crippen molar-refractivity contribution in [3.63, 3.8) is 0 Å². The standard InChI is InChI=1S/C11H11FO2/c12-11-7-9(3-1-2-6-13)4-5-10(11)8-14/h1,3-7,14H,2,8H2. The van der Waals surface area contributed by atoms with Gasteiger partial charge in [0.2, 0.25) is 0 Å². The van der Waals surface area contributed by atoms with Crippen LogP contribution in [0.3, 0.4) is 0 Å². The number of rotatable bonds is 4. The lowest BCUT2D eigenvalue weighted by Gasteiger charge is -1.99. The molecular formula is C11H11FO2. The first-order valence-corrected chi connectivity index (χ1v) is 4.27. The summed E-state index contributed by atoms with van der Waals surface area (Å²) in [4.78, 5) is 10.0. The summed E-state index contributed by atoms with van der Waals surface area (Å²) in [6.07, 6.45) is 4.41. The van der Waals surface area contributed by atoms with Crippen LogP contribution in [0.2, 0.25) is 0 Å². The zero-order valence-corrected chi connectivity index (χ0v) is 7.61. The van der Waals surface area contributed by atoms with Crippen molar-refractivity contribution in [3.8, 4) is 0 Å². The number of hydrogen-bond acceptors (Lipinski definition) is 2. The second-order valence-corrected chi connectivity index (χ2v) is 2.81. The van der Waals surface area contributed by atoms with Gasteiger partial charge in [-0.3, -0.25) is 0 Å². The van der Waals surface area contributed by atoms with Crippen molar-refractivity contribution in [2.75, 3.05) is 0 Å². The number of hydrogen-bond donors (Lipinski definition) is 1. The summed E-state index contributed by atoms with van der Waals surface area (Å²) in [6, 6.07) is 4.54. The molecule has 0 amide bonds. The molecule has 14 heavy (non-hydrogen) atoms. The van der Waals surface area contributed by atoms with Crippen molar-refractivity contribution in [2.45, 2.75) is 13.0 Å². The van der Waals surface area contributed by atoms with Crippen LogP contribution < -0.4 is 0 Å². The Morgan fingerprint density at radius 3 is 2.79 bits per heavy atom. The number of aliphatic hydroxyl groups excluding tert-OH is 1. The van der Waals surface area contributed by atoms with Gasteiger partial charge in [-0.05, 0) is 11.6 Å². The Morgan fingerprint density at radius 1 is 1.43 bits per heavy atom. The fourth-order valence-corrected chi connectivity index (χ4v) is 1.06. The average Bonchev–Trinajstić information content (AvgIpc) is 2.18. The monoisotopic (exact) mass is 194 g/mol. The minimum absolute atomic E-state index is 0.275. The van der Waals surface area contributed by atoms with Gasteiger partial charge in [-0.25, -0.2) is 4.39 Å². The molecular weight excluding hydrogens is 183 g/mol. The molecule has 74 valence electrons. The Bertz CT molecular complexity index is 345. The first kappa shape index (κ1) is 10.6. The quantitative estimate of drug-likeness (QED) is 0.743. The molecule has 0 aromatic heterocycles. The van der Waals surface area contributed by atoms with Crippen LogP contribution >= 0.6 is 0 Å². The maximum absolute atomic E-state index is 13.1. The fourth-order valence-electron chi connectivity index (χ4n) is 1.06. The number of allylic oxidation sites excluding steroid dienone is 1. The fraction of sp³-hybridized carbons (Fsp3) is 0.182. The summed E-state index contributed by atoms with van der Waals surface area (Å²) in [6.45, 7) is -0.301. The number of benzene rings is 1. The summed E-state index contributed by atoms with van der Waals surface area (Å²) >= 11 is 0. The van der Waals surface area contributed by atoms with Crippen LogP contribution in [-0.4, -0.2) is 11.4 Å². The Labute approximate surface area is 81.7 Å². The zero-order valence-electron chi connectivity index (χ0n) is 7.61. The van der Waals surface area contributed by atoms with E-state index in [0.717, 1.165) is 6.29 Å². The van der Waals surface area contributed by atoms with E-state index in [1.165, 1.54) is 12.1 Å². The number of carbonyl (C=O) groups excluding carboxylic acids is 1. The predicted octanol–water partition coefficient (Wildman–Crippen LogP) is 1.92. The third-order valence-corrected chi connectivity index (χ3v) is 1.79. The first-order chi connectivity index (χ1) is 6.77. The van der Waals surface area contributed by atoms with Crippen molar-refractivity contribution in [1.82, 2.24) is 0 Å². The van der Waals surface area contributed by atoms with Crippen LogP contribution in [0.15, 0.2) is 24.3 Å². The van der Waals surface area contributed by atoms with Crippen LogP contribution in [0.1, 0.15) is 17.5 Å². The molecule has 0 radical (unpaired) electrons. The highest BCUT2D eigenvalue weighted by Crippen LogP contribution is 2.11. The van der Waals surface area contributed by atoms with Gasteiger partial charge < -0.3 is 9.90 Å². The maximum Gasteiger partial charge on any atom is 0.129 e. The van der Waals surface area contributed by atoms with Gasteiger partial charge in [-0.2, -0.15) is 0 Å². The van der Waals surface area contributed by atoms with Gasteiger partial charge in [0.05, 0.1) is 6.61 Å². The summed E-state index contributed by atoms with van der Waals surface area (Å²) in [5.74, 6) is -0.430. The van der Waals surface area contributed by atoms with Crippen LogP contribution in [-0.2, 0) is 11.4 Å². The Morgan fingerprint density at radius 2 is 2.21 bits per heavy atom. The lowest BCUT2D eigenvalue weighted by atomic mass is 10.1. The van der Waals surface area contributed by atoms with Crippen molar-refractivity contribution in [1.29, 1.82) is 0 Å². The molecule has 0 heterocycles. The number of aldehydes is 1. The SMILES string of the molecule is O=CCC=Cc1ccc(CO)c(F)c1. The second-order valence-electron chi connectivity index (χ2n) is 2.81. The van der Waals surface area contributed by atoms with Gasteiger partial charge in [0, 0.05) is 12.0 Å². The molecule has 0 aliphatic carbocycles. The third-order valence-electron chi connectivity index (χ3n) is 1.79. The molecule has 1 rings (SSSR count). The van der Waals surface area contributed by atoms with Gasteiger partial charge in [0.25, 0.3) is 0 Å². The molecule has 2 nitrogen and oxygen atoms in total. The number of halogens is 1. The van der Waals surface area contributed by atoms with Crippen LogP contribution in [0.4, 0.5) is 4.39 Å². The van der Waals surface area contributed by atoms with Crippen molar-refractivity contribution >= 4 is 12.4 Å². The van der Waals surface area contributed by atoms with Crippen molar-refractivity contribution in [2.24, 2.45) is 0 Å². The molecule has 1 aromatic rings. The minimum Gasteiger partial charge on any atom is -0.392 e. The van der Waals surface area contributed by atoms with Crippen LogP contribution in [0.25, 0.3) is 6.08 Å². The molecule has 0 saturated carbocycles. The Balaban J connectivity index is 2.80. The summed E-state index contributed by atoms with van der Waals surface area (Å²) < 4.78 is 13.1. The van der Waals surface area contributed by atoms with E-state index in [0.29, 0.717) is 12.0 Å². The maximum atomic E-state index is 13.1. The molecule has 0 unspecified atom stereocenters. The predicted molar refractivity (Wildman–Crippen MR) is 52.0 cm³/mol. The molecule has 1 aromatic carbocycles. The van der Waals surface area contributed by atoms with Crippen LogP contribution in [0.5, 0.6) is 0 Å². The van der Waals surface area contributed by atoms with E-state index in [2.05, 4.69) is 0 Å². The number of carbonyl (C=O) groups is 1. The number of aliphatic hydroxyl groups is 1. The zero-order chi connectivity index (χ0) is 10.4. The third kappa shape index (κ3) is 2.78. The summed E-state index contributed by atoms with van der Waals surface area (Å²) in [7, 11) is 0. The Kier molecular flexibility index (Phi) is 4.01. The van der Waals surface area contributed by atoms with E-state index >= 15 is 0 Å². The molecule has 0 aliphatic rings. The van der Waals surface area contributed by atoms with E-state index in [4.69, 9.17) is 5.11 Å². The molecule has 0 aliphatic heterocycles. The van der Waals surface area contributed by atoms with E-state index in [1.54, 1.807) is 18.2 Å². The molecule has 1 N–H and O–H groups in total. The van der Waals surface area contributed by atoms with Crippen molar-refractivity contribution < 1.29 is 14.3 Å². The minimum atomic E-state index is -0.430. The first-order valence-electron chi connectivity index (χ1n) is 4.27.